The van der Waals surface area contributed by atoms with E-state index in [9.17, 15) is 9.59 Å². The summed E-state index contributed by atoms with van der Waals surface area (Å²) in [5.74, 6) is -1.70. The van der Waals surface area contributed by atoms with Gasteiger partial charge in [-0.25, -0.2) is 9.48 Å². The summed E-state index contributed by atoms with van der Waals surface area (Å²) in [5, 5.41) is 18.5. The number of nitrogen functional groups attached to an aromatic ring is 2. The van der Waals surface area contributed by atoms with Crippen molar-refractivity contribution < 1.29 is 19.4 Å². The predicted octanol–water partition coefficient (Wildman–Crippen LogP) is -0.0466. The number of hydrogen-bond donors (Lipinski definition) is 5. The minimum absolute atomic E-state index is 0.107. The van der Waals surface area contributed by atoms with Crippen LogP contribution < -0.4 is 17.2 Å². The number of H-pyrrole nitrogens is 1. The molecular formula is C13H19N7O4. The van der Waals surface area contributed by atoms with Crippen molar-refractivity contribution in [3.05, 3.63) is 23.8 Å². The average Bonchev–Trinajstić information content (AvgIpc) is 3.15. The standard InChI is InChI=1S/C9H13N3O3.C4H6N4O/c10-6-5-12(11-8(6)9(13)14)7-3-1-2-4-15-7;5-2-1-7-8-3(2)4(6)9/h5,7H,1-4,10H2,(H,13,14);1H,5H2,(H2,6,9)(H,7,8). The van der Waals surface area contributed by atoms with Gasteiger partial charge in [0.15, 0.2) is 5.69 Å². The number of rotatable bonds is 3. The Morgan fingerprint density at radius 2 is 2.08 bits per heavy atom. The van der Waals surface area contributed by atoms with Crippen LogP contribution in [0.15, 0.2) is 12.4 Å². The third-order valence-corrected chi connectivity index (χ3v) is 3.33. The molecule has 0 aliphatic carbocycles. The monoisotopic (exact) mass is 337 g/mol. The third-order valence-electron chi connectivity index (χ3n) is 3.33. The van der Waals surface area contributed by atoms with Crippen molar-refractivity contribution in [1.29, 1.82) is 0 Å². The van der Waals surface area contributed by atoms with Gasteiger partial charge in [-0.2, -0.15) is 10.2 Å². The summed E-state index contributed by atoms with van der Waals surface area (Å²) in [5.41, 5.74) is 16.2. The van der Waals surface area contributed by atoms with E-state index in [1.165, 1.54) is 17.1 Å². The van der Waals surface area contributed by atoms with Gasteiger partial charge in [-0.15, -0.1) is 0 Å². The fourth-order valence-electron chi connectivity index (χ4n) is 2.14. The Morgan fingerprint density at radius 3 is 2.50 bits per heavy atom. The number of carbonyl (C=O) groups excluding carboxylic acids is 1. The van der Waals surface area contributed by atoms with Crippen LogP contribution in [0.3, 0.4) is 0 Å². The van der Waals surface area contributed by atoms with Gasteiger partial charge in [-0.05, 0) is 19.3 Å². The number of primary amides is 1. The first-order chi connectivity index (χ1) is 11.4. The lowest BCUT2D eigenvalue weighted by Gasteiger charge is -2.22. The van der Waals surface area contributed by atoms with Crippen LogP contribution in [0.25, 0.3) is 0 Å². The van der Waals surface area contributed by atoms with Gasteiger partial charge in [0.1, 0.15) is 11.9 Å². The van der Waals surface area contributed by atoms with Crippen molar-refractivity contribution >= 4 is 23.3 Å². The molecule has 11 heteroatoms. The number of nitrogens with two attached hydrogens (primary N) is 3. The number of anilines is 2. The van der Waals surface area contributed by atoms with Crippen LogP contribution in [0.2, 0.25) is 0 Å². The number of amides is 1. The second kappa shape index (κ2) is 7.46. The van der Waals surface area contributed by atoms with E-state index in [4.69, 9.17) is 27.0 Å². The molecule has 1 atom stereocenters. The molecule has 0 saturated carbocycles. The fourth-order valence-corrected chi connectivity index (χ4v) is 2.14. The third kappa shape index (κ3) is 4.01. The zero-order valence-electron chi connectivity index (χ0n) is 12.8. The summed E-state index contributed by atoms with van der Waals surface area (Å²) in [6.07, 6.45) is 5.63. The molecular weight excluding hydrogens is 318 g/mol. The van der Waals surface area contributed by atoms with Crippen LogP contribution in [-0.2, 0) is 4.74 Å². The molecule has 2 aromatic heterocycles. The first kappa shape index (κ1) is 17.3. The Kier molecular flexibility index (Phi) is 5.37. The highest BCUT2D eigenvalue weighted by atomic mass is 16.5. The van der Waals surface area contributed by atoms with Crippen molar-refractivity contribution in [2.24, 2.45) is 5.73 Å². The Morgan fingerprint density at radius 1 is 1.33 bits per heavy atom. The van der Waals surface area contributed by atoms with Crippen molar-refractivity contribution in [3.8, 4) is 0 Å². The van der Waals surface area contributed by atoms with Crippen molar-refractivity contribution in [2.45, 2.75) is 25.5 Å². The molecule has 8 N–H and O–H groups in total. The molecule has 1 aliphatic heterocycles. The lowest BCUT2D eigenvalue weighted by Crippen LogP contribution is -2.19. The molecule has 3 heterocycles. The highest BCUT2D eigenvalue weighted by Gasteiger charge is 2.20. The highest BCUT2D eigenvalue weighted by Crippen LogP contribution is 2.23. The van der Waals surface area contributed by atoms with Crippen LogP contribution in [0.4, 0.5) is 11.4 Å². The number of nitrogens with one attached hydrogen (secondary N) is 1. The smallest absolute Gasteiger partial charge is 0.358 e. The molecule has 0 aromatic carbocycles. The first-order valence-electron chi connectivity index (χ1n) is 7.18. The summed E-state index contributed by atoms with van der Waals surface area (Å²) in [6.45, 7) is 0.687. The van der Waals surface area contributed by atoms with Gasteiger partial charge in [0.05, 0.1) is 23.8 Å². The van der Waals surface area contributed by atoms with E-state index in [0.29, 0.717) is 6.61 Å². The number of hydrogen-bond acceptors (Lipinski definition) is 7. The van der Waals surface area contributed by atoms with Crippen LogP contribution in [0, 0.1) is 0 Å². The lowest BCUT2D eigenvalue weighted by molar-refractivity contribution is -0.0396. The number of aromatic nitrogens is 4. The van der Waals surface area contributed by atoms with E-state index >= 15 is 0 Å². The fraction of sp³-hybridized carbons (Fsp3) is 0.385. The Hall–Kier alpha value is -3.08. The zero-order chi connectivity index (χ0) is 17.7. The maximum Gasteiger partial charge on any atom is 0.358 e. The summed E-state index contributed by atoms with van der Waals surface area (Å²) in [4.78, 5) is 21.1. The van der Waals surface area contributed by atoms with Crippen molar-refractivity contribution in [2.75, 3.05) is 18.1 Å². The number of nitrogens with zero attached hydrogens (tertiary/aromatic N) is 3. The van der Waals surface area contributed by atoms with E-state index < -0.39 is 11.9 Å². The molecule has 0 bridgehead atoms. The molecule has 1 aliphatic rings. The molecule has 3 rings (SSSR count). The molecule has 1 amide bonds. The number of carboxylic acids is 1. The molecule has 1 fully saturated rings. The van der Waals surface area contributed by atoms with E-state index in [1.807, 2.05) is 0 Å². The molecule has 11 nitrogen and oxygen atoms in total. The Balaban J connectivity index is 0.000000198. The van der Waals surface area contributed by atoms with E-state index in [-0.39, 0.29) is 29.0 Å². The average molecular weight is 337 g/mol. The minimum Gasteiger partial charge on any atom is -0.476 e. The molecule has 0 spiro atoms. The summed E-state index contributed by atoms with van der Waals surface area (Å²) >= 11 is 0. The molecule has 0 radical (unpaired) electrons. The molecule has 24 heavy (non-hydrogen) atoms. The van der Waals surface area contributed by atoms with Crippen LogP contribution in [-0.4, -0.2) is 43.6 Å². The second-order valence-electron chi connectivity index (χ2n) is 5.10. The van der Waals surface area contributed by atoms with Crippen LogP contribution >= 0.6 is 0 Å². The number of carbonyl (C=O) groups is 2. The van der Waals surface area contributed by atoms with Gasteiger partial charge in [0, 0.05) is 6.61 Å². The van der Waals surface area contributed by atoms with Crippen molar-refractivity contribution in [1.82, 2.24) is 20.0 Å². The van der Waals surface area contributed by atoms with Gasteiger partial charge in [-0.1, -0.05) is 0 Å². The molecule has 1 unspecified atom stereocenters. The lowest BCUT2D eigenvalue weighted by atomic mass is 10.2. The summed E-state index contributed by atoms with van der Waals surface area (Å²) in [6, 6.07) is 0. The largest absolute Gasteiger partial charge is 0.476 e. The van der Waals surface area contributed by atoms with Crippen LogP contribution in [0.5, 0.6) is 0 Å². The van der Waals surface area contributed by atoms with Gasteiger partial charge in [0.25, 0.3) is 5.91 Å². The van der Waals surface area contributed by atoms with E-state index in [1.54, 1.807) is 0 Å². The predicted molar refractivity (Wildman–Crippen MR) is 84.0 cm³/mol. The van der Waals surface area contributed by atoms with Gasteiger partial charge in [-0.3, -0.25) is 9.89 Å². The molecule has 1 saturated heterocycles. The topological polar surface area (TPSA) is 188 Å². The van der Waals surface area contributed by atoms with Gasteiger partial charge < -0.3 is 27.0 Å². The van der Waals surface area contributed by atoms with Crippen molar-refractivity contribution in [3.63, 3.8) is 0 Å². The molecule has 2 aromatic rings. The summed E-state index contributed by atoms with van der Waals surface area (Å²) < 4.78 is 6.96. The quantitative estimate of drug-likeness (QED) is 0.515. The number of carboxylic acid groups (broad SMARTS) is 1. The normalized spacial score (nSPS) is 16.9. The first-order valence-corrected chi connectivity index (χ1v) is 7.18. The Labute approximate surface area is 136 Å². The second-order valence-corrected chi connectivity index (χ2v) is 5.10. The Bertz CT molecular complexity index is 718. The number of ether oxygens (including phenoxy) is 1. The SMILES string of the molecule is NC(=O)c1[nH]ncc1N.Nc1cn(C2CCCCO2)nc1C(=O)O. The molecule has 130 valence electrons. The maximum atomic E-state index is 10.7. The van der Waals surface area contributed by atoms with E-state index in [0.717, 1.165) is 19.3 Å². The zero-order valence-corrected chi connectivity index (χ0v) is 12.8. The minimum atomic E-state index is -1.11. The summed E-state index contributed by atoms with van der Waals surface area (Å²) in [7, 11) is 0. The van der Waals surface area contributed by atoms with E-state index in [2.05, 4.69) is 15.3 Å². The number of aromatic carboxylic acids is 1. The number of aromatic amines is 1. The van der Waals surface area contributed by atoms with Gasteiger partial charge in [0.2, 0.25) is 0 Å². The highest BCUT2D eigenvalue weighted by molar-refractivity contribution is 5.95. The van der Waals surface area contributed by atoms with Gasteiger partial charge >= 0.3 is 5.97 Å². The van der Waals surface area contributed by atoms with Crippen LogP contribution in [0.1, 0.15) is 46.5 Å². The maximum absolute atomic E-state index is 10.7.